The fourth-order valence-electron chi connectivity index (χ4n) is 4.56. The van der Waals surface area contributed by atoms with Gasteiger partial charge in [0.1, 0.15) is 6.61 Å². The summed E-state index contributed by atoms with van der Waals surface area (Å²) in [6, 6.07) is 9.82. The van der Waals surface area contributed by atoms with Crippen LogP contribution in [0.4, 0.5) is 31.1 Å². The summed E-state index contributed by atoms with van der Waals surface area (Å²) in [4.78, 5) is 25.2. The lowest BCUT2D eigenvalue weighted by atomic mass is 9.74. The van der Waals surface area contributed by atoms with Crippen LogP contribution in [0.15, 0.2) is 48.5 Å². The van der Waals surface area contributed by atoms with Gasteiger partial charge >= 0.3 is 18.4 Å². The van der Waals surface area contributed by atoms with Gasteiger partial charge in [-0.15, -0.1) is 11.6 Å². The first kappa shape index (κ1) is 29.6. The van der Waals surface area contributed by atoms with Gasteiger partial charge in [-0.1, -0.05) is 30.3 Å². The van der Waals surface area contributed by atoms with Crippen molar-refractivity contribution in [3.63, 3.8) is 0 Å². The van der Waals surface area contributed by atoms with Crippen LogP contribution >= 0.6 is 11.6 Å². The smallest absolute Gasteiger partial charge is 0.416 e. The van der Waals surface area contributed by atoms with Crippen LogP contribution in [0.5, 0.6) is 0 Å². The van der Waals surface area contributed by atoms with Gasteiger partial charge in [0.25, 0.3) is 0 Å². The minimum atomic E-state index is -5.02. The fourth-order valence-corrected chi connectivity index (χ4v) is 4.64. The lowest BCUT2D eigenvalue weighted by Gasteiger charge is -2.42. The van der Waals surface area contributed by atoms with Crippen LogP contribution in [-0.4, -0.2) is 30.5 Å². The van der Waals surface area contributed by atoms with Crippen LogP contribution in [0.25, 0.3) is 0 Å². The number of carbonyl (C=O) groups excluding carboxylic acids is 2. The molecule has 2 amide bonds. The Labute approximate surface area is 220 Å². The molecule has 1 unspecified atom stereocenters. The van der Waals surface area contributed by atoms with Gasteiger partial charge in [-0.2, -0.15) is 26.3 Å². The highest BCUT2D eigenvalue weighted by Crippen LogP contribution is 2.40. The van der Waals surface area contributed by atoms with E-state index in [-0.39, 0.29) is 24.6 Å². The first-order valence-corrected chi connectivity index (χ1v) is 12.4. The first-order chi connectivity index (χ1) is 17.7. The molecule has 1 atom stereocenters. The number of carbonyl (C=O) groups is 2. The molecule has 2 aromatic carbocycles. The van der Waals surface area contributed by atoms with E-state index in [9.17, 15) is 35.9 Å². The van der Waals surface area contributed by atoms with Gasteiger partial charge in [-0.25, -0.2) is 4.79 Å². The molecule has 5 nitrogen and oxygen atoms in total. The number of alkyl halides is 7. The van der Waals surface area contributed by atoms with Gasteiger partial charge in [-0.05, 0) is 61.9 Å². The Balaban J connectivity index is 1.85. The SMILES string of the molecule is CC(C(=O)N[C@]1(c2ccccc2)CC[C@@H](NC(=O)OCCCl)CC1)c1cc(C(F)(F)F)cc(C(F)(F)F)c1. The van der Waals surface area contributed by atoms with Crippen LogP contribution in [0.2, 0.25) is 0 Å². The molecule has 1 fully saturated rings. The molecule has 0 heterocycles. The topological polar surface area (TPSA) is 67.4 Å². The Hall–Kier alpha value is -2.95. The quantitative estimate of drug-likeness (QED) is 0.289. The highest BCUT2D eigenvalue weighted by Gasteiger charge is 2.41. The molecule has 3 rings (SSSR count). The van der Waals surface area contributed by atoms with Gasteiger partial charge < -0.3 is 15.4 Å². The van der Waals surface area contributed by atoms with Gasteiger partial charge in [0.05, 0.1) is 28.5 Å². The molecule has 12 heteroatoms. The van der Waals surface area contributed by atoms with Crippen LogP contribution in [0.1, 0.15) is 60.8 Å². The van der Waals surface area contributed by atoms with Crippen molar-refractivity contribution >= 4 is 23.6 Å². The second-order valence-corrected chi connectivity index (χ2v) is 9.62. The van der Waals surface area contributed by atoms with Crippen LogP contribution in [0.3, 0.4) is 0 Å². The van der Waals surface area contributed by atoms with E-state index in [0.717, 1.165) is 5.56 Å². The number of alkyl carbamates (subject to hydrolysis) is 1. The van der Waals surface area contributed by atoms with Crippen molar-refractivity contribution in [2.24, 2.45) is 0 Å². The second kappa shape index (κ2) is 11.8. The van der Waals surface area contributed by atoms with E-state index in [0.29, 0.717) is 37.8 Å². The average Bonchev–Trinajstić information content (AvgIpc) is 2.87. The van der Waals surface area contributed by atoms with Crippen LogP contribution in [-0.2, 0) is 27.4 Å². The average molecular weight is 565 g/mol. The molecule has 0 aromatic heterocycles. The first-order valence-electron chi connectivity index (χ1n) is 11.9. The summed E-state index contributed by atoms with van der Waals surface area (Å²) in [5, 5.41) is 5.65. The molecule has 1 aliphatic carbocycles. The maximum atomic E-state index is 13.3. The van der Waals surface area contributed by atoms with E-state index in [1.54, 1.807) is 30.3 Å². The van der Waals surface area contributed by atoms with Gasteiger partial charge in [-0.3, -0.25) is 4.79 Å². The summed E-state index contributed by atoms with van der Waals surface area (Å²) >= 11 is 5.52. The van der Waals surface area contributed by atoms with E-state index < -0.39 is 52.5 Å². The Morgan fingerprint density at radius 2 is 1.55 bits per heavy atom. The highest BCUT2D eigenvalue weighted by atomic mass is 35.5. The van der Waals surface area contributed by atoms with Crippen molar-refractivity contribution in [1.29, 1.82) is 0 Å². The molecule has 208 valence electrons. The molecule has 2 aromatic rings. The molecule has 1 aliphatic rings. The Morgan fingerprint density at radius 3 is 2.05 bits per heavy atom. The third kappa shape index (κ3) is 7.33. The van der Waals surface area contributed by atoms with E-state index >= 15 is 0 Å². The van der Waals surface area contributed by atoms with Crippen LogP contribution < -0.4 is 10.6 Å². The summed E-state index contributed by atoms with van der Waals surface area (Å²) in [5.74, 6) is -1.87. The third-order valence-electron chi connectivity index (χ3n) is 6.66. The zero-order valence-electron chi connectivity index (χ0n) is 20.4. The number of hydrogen-bond donors (Lipinski definition) is 2. The largest absolute Gasteiger partial charge is 0.448 e. The van der Waals surface area contributed by atoms with Crippen molar-refractivity contribution in [2.75, 3.05) is 12.5 Å². The highest BCUT2D eigenvalue weighted by molar-refractivity contribution is 6.18. The number of benzene rings is 2. The number of nitrogens with one attached hydrogen (secondary N) is 2. The number of hydrogen-bond acceptors (Lipinski definition) is 3. The molecule has 38 heavy (non-hydrogen) atoms. The second-order valence-electron chi connectivity index (χ2n) is 9.24. The number of halogens is 7. The summed E-state index contributed by atoms with van der Waals surface area (Å²) < 4.78 is 85.0. The van der Waals surface area contributed by atoms with E-state index in [4.69, 9.17) is 16.3 Å². The van der Waals surface area contributed by atoms with Crippen LogP contribution in [0, 0.1) is 0 Å². The van der Waals surface area contributed by atoms with E-state index in [1.807, 2.05) is 0 Å². The standard InChI is InChI=1S/C26H27ClF6N2O3/c1-16(17-13-19(25(28,29)30)15-20(14-17)26(31,32)33)22(36)35-24(18-5-3-2-4-6-18)9-7-21(8-10-24)34-23(37)38-12-11-27/h2-6,13-16,21H,7-12H2,1H3,(H,34,37)(H,35,36)/t16?,21-,24-. The van der Waals surface area contributed by atoms with E-state index in [1.165, 1.54) is 6.92 Å². The predicted molar refractivity (Wildman–Crippen MR) is 129 cm³/mol. The van der Waals surface area contributed by atoms with E-state index in [2.05, 4.69) is 10.6 Å². The Kier molecular flexibility index (Phi) is 9.22. The Morgan fingerprint density at radius 1 is 1.00 bits per heavy atom. The van der Waals surface area contributed by atoms with Crippen molar-refractivity contribution in [3.05, 3.63) is 70.8 Å². The maximum absolute atomic E-state index is 13.3. The molecular formula is C26H27ClF6N2O3. The predicted octanol–water partition coefficient (Wildman–Crippen LogP) is 6.75. The molecule has 0 aliphatic heterocycles. The lowest BCUT2D eigenvalue weighted by Crippen LogP contribution is -2.52. The summed E-state index contributed by atoms with van der Waals surface area (Å²) in [6.07, 6.45) is -9.03. The van der Waals surface area contributed by atoms with Crippen molar-refractivity contribution < 1.29 is 40.7 Å². The zero-order valence-corrected chi connectivity index (χ0v) is 21.1. The van der Waals surface area contributed by atoms with Gasteiger partial charge in [0, 0.05) is 6.04 Å². The molecule has 1 saturated carbocycles. The van der Waals surface area contributed by atoms with Crippen molar-refractivity contribution in [3.8, 4) is 0 Å². The van der Waals surface area contributed by atoms with Gasteiger partial charge in [0.15, 0.2) is 0 Å². The molecular weight excluding hydrogens is 538 g/mol. The summed E-state index contributed by atoms with van der Waals surface area (Å²) in [5.41, 5.74) is -3.55. The normalized spacial score (nSPS) is 20.9. The van der Waals surface area contributed by atoms with Crippen molar-refractivity contribution in [1.82, 2.24) is 10.6 Å². The summed E-state index contributed by atoms with van der Waals surface area (Å²) in [7, 11) is 0. The number of amides is 2. The Bertz CT molecular complexity index is 1080. The zero-order chi connectivity index (χ0) is 28.1. The molecule has 0 spiro atoms. The molecule has 0 radical (unpaired) electrons. The third-order valence-corrected chi connectivity index (χ3v) is 6.82. The summed E-state index contributed by atoms with van der Waals surface area (Å²) in [6.45, 7) is 1.32. The molecule has 0 saturated heterocycles. The monoisotopic (exact) mass is 564 g/mol. The lowest BCUT2D eigenvalue weighted by molar-refractivity contribution is -0.143. The molecule has 2 N–H and O–H groups in total. The fraction of sp³-hybridized carbons (Fsp3) is 0.462. The molecule has 0 bridgehead atoms. The maximum Gasteiger partial charge on any atom is 0.416 e. The van der Waals surface area contributed by atoms with Gasteiger partial charge in [0.2, 0.25) is 5.91 Å². The number of ether oxygens (including phenoxy) is 1. The minimum absolute atomic E-state index is 0.0337. The minimum Gasteiger partial charge on any atom is -0.448 e. The number of rotatable bonds is 7. The van der Waals surface area contributed by atoms with Crippen molar-refractivity contribution in [2.45, 2.75) is 62.5 Å².